The molecule has 0 spiro atoms. The summed E-state index contributed by atoms with van der Waals surface area (Å²) in [6, 6.07) is 9.65. The van der Waals surface area contributed by atoms with Crippen molar-refractivity contribution in [1.82, 2.24) is 14.6 Å². The minimum absolute atomic E-state index is 0.00547. The molecule has 20 heavy (non-hydrogen) atoms. The Bertz CT molecular complexity index is 983. The van der Waals surface area contributed by atoms with Crippen LogP contribution in [0.1, 0.15) is 0 Å². The fraction of sp³-hybridized carbons (Fsp3) is 0. The fourth-order valence-corrected chi connectivity index (χ4v) is 2.29. The lowest BCUT2D eigenvalue weighted by atomic mass is 10.2. The van der Waals surface area contributed by atoms with Gasteiger partial charge in [0.05, 0.1) is 11.8 Å². The summed E-state index contributed by atoms with van der Waals surface area (Å²) in [5.74, 6) is 0.0137. The van der Waals surface area contributed by atoms with Gasteiger partial charge in [0.2, 0.25) is 0 Å². The molecule has 98 valence electrons. The van der Waals surface area contributed by atoms with Crippen molar-refractivity contribution in [3.05, 3.63) is 58.8 Å². The van der Waals surface area contributed by atoms with Gasteiger partial charge in [0.25, 0.3) is 5.56 Å². The van der Waals surface area contributed by atoms with E-state index in [-0.39, 0.29) is 5.39 Å². The standard InChI is InChI=1S/C14H8FN3O2/c15-8-3-1-4-10-13(8)14(19)16-12-7-9(17-18(10)12)11-5-2-6-20-11/h1-7H,(H,16,19). The van der Waals surface area contributed by atoms with E-state index in [1.807, 2.05) is 0 Å². The molecular formula is C14H8FN3O2. The number of hydrogen-bond donors (Lipinski definition) is 1. The van der Waals surface area contributed by atoms with Crippen LogP contribution in [0.3, 0.4) is 0 Å². The molecule has 0 unspecified atom stereocenters. The Balaban J connectivity index is 2.15. The Kier molecular flexibility index (Phi) is 2.09. The molecule has 0 aliphatic carbocycles. The van der Waals surface area contributed by atoms with Gasteiger partial charge in [-0.2, -0.15) is 5.10 Å². The highest BCUT2D eigenvalue weighted by atomic mass is 19.1. The van der Waals surface area contributed by atoms with E-state index < -0.39 is 11.4 Å². The maximum Gasteiger partial charge on any atom is 0.262 e. The highest BCUT2D eigenvalue weighted by molar-refractivity contribution is 5.81. The number of nitrogens with one attached hydrogen (secondary N) is 1. The summed E-state index contributed by atoms with van der Waals surface area (Å²) in [6.45, 7) is 0. The zero-order valence-electron chi connectivity index (χ0n) is 10.1. The minimum Gasteiger partial charge on any atom is -0.463 e. The molecule has 1 aromatic carbocycles. The second kappa shape index (κ2) is 3.80. The number of aromatic nitrogens is 3. The third kappa shape index (κ3) is 1.41. The van der Waals surface area contributed by atoms with E-state index in [1.54, 1.807) is 36.6 Å². The smallest absolute Gasteiger partial charge is 0.262 e. The molecule has 3 aromatic heterocycles. The zero-order valence-corrected chi connectivity index (χ0v) is 10.1. The molecule has 0 amide bonds. The number of halogens is 1. The summed E-state index contributed by atoms with van der Waals surface area (Å²) in [7, 11) is 0. The average molecular weight is 269 g/mol. The molecule has 0 aliphatic heterocycles. The molecule has 1 N–H and O–H groups in total. The molecule has 0 fully saturated rings. The van der Waals surface area contributed by atoms with Crippen molar-refractivity contribution in [2.45, 2.75) is 0 Å². The first-order chi connectivity index (χ1) is 9.74. The molecule has 0 atom stereocenters. The Morgan fingerprint density at radius 3 is 2.95 bits per heavy atom. The first kappa shape index (κ1) is 11.0. The molecule has 5 nitrogen and oxygen atoms in total. The van der Waals surface area contributed by atoms with Crippen molar-refractivity contribution in [2.75, 3.05) is 0 Å². The van der Waals surface area contributed by atoms with Gasteiger partial charge in [-0.3, -0.25) is 4.79 Å². The lowest BCUT2D eigenvalue weighted by Crippen LogP contribution is -2.11. The van der Waals surface area contributed by atoms with Crippen molar-refractivity contribution in [2.24, 2.45) is 0 Å². The normalized spacial score (nSPS) is 11.4. The molecule has 6 heteroatoms. The molecule has 4 aromatic rings. The van der Waals surface area contributed by atoms with E-state index in [1.165, 1.54) is 10.6 Å². The van der Waals surface area contributed by atoms with Crippen LogP contribution in [0.4, 0.5) is 4.39 Å². The molecule has 4 rings (SSSR count). The van der Waals surface area contributed by atoms with E-state index in [9.17, 15) is 9.18 Å². The number of aromatic amines is 1. The monoisotopic (exact) mass is 269 g/mol. The van der Waals surface area contributed by atoms with E-state index in [0.717, 1.165) is 0 Å². The predicted octanol–water partition coefficient (Wildman–Crippen LogP) is 2.57. The molecular weight excluding hydrogens is 261 g/mol. The number of nitrogens with zero attached hydrogens (tertiary/aromatic N) is 2. The Morgan fingerprint density at radius 2 is 2.15 bits per heavy atom. The van der Waals surface area contributed by atoms with Crippen LogP contribution in [0, 0.1) is 5.82 Å². The summed E-state index contributed by atoms with van der Waals surface area (Å²) in [4.78, 5) is 14.6. The van der Waals surface area contributed by atoms with Gasteiger partial charge in [0.1, 0.15) is 22.5 Å². The van der Waals surface area contributed by atoms with Crippen LogP contribution >= 0.6 is 0 Å². The summed E-state index contributed by atoms with van der Waals surface area (Å²) in [5.41, 5.74) is 1.000. The van der Waals surface area contributed by atoms with Gasteiger partial charge in [0.15, 0.2) is 5.76 Å². The zero-order chi connectivity index (χ0) is 13.7. The second-order valence-corrected chi connectivity index (χ2v) is 4.39. The predicted molar refractivity (Wildman–Crippen MR) is 71.0 cm³/mol. The number of benzene rings is 1. The van der Waals surface area contributed by atoms with Gasteiger partial charge in [-0.05, 0) is 24.3 Å². The van der Waals surface area contributed by atoms with Crippen molar-refractivity contribution in [3.63, 3.8) is 0 Å². The van der Waals surface area contributed by atoms with E-state index in [2.05, 4.69) is 10.1 Å². The maximum atomic E-state index is 13.8. The van der Waals surface area contributed by atoms with Crippen molar-refractivity contribution < 1.29 is 8.81 Å². The number of fused-ring (bicyclic) bond motifs is 3. The van der Waals surface area contributed by atoms with Gasteiger partial charge >= 0.3 is 0 Å². The third-order valence-electron chi connectivity index (χ3n) is 3.17. The van der Waals surface area contributed by atoms with Gasteiger partial charge in [-0.25, -0.2) is 8.91 Å². The molecule has 0 saturated heterocycles. The Morgan fingerprint density at radius 1 is 1.25 bits per heavy atom. The van der Waals surface area contributed by atoms with Crippen molar-refractivity contribution >= 4 is 16.6 Å². The van der Waals surface area contributed by atoms with Crippen LogP contribution in [0.15, 0.2) is 51.9 Å². The van der Waals surface area contributed by atoms with Crippen molar-refractivity contribution in [3.8, 4) is 11.5 Å². The molecule has 0 bridgehead atoms. The highest BCUT2D eigenvalue weighted by Crippen LogP contribution is 2.21. The van der Waals surface area contributed by atoms with Crippen LogP contribution < -0.4 is 5.56 Å². The summed E-state index contributed by atoms with van der Waals surface area (Å²) >= 11 is 0. The first-order valence-corrected chi connectivity index (χ1v) is 5.98. The Hall–Kier alpha value is -2.89. The lowest BCUT2D eigenvalue weighted by Gasteiger charge is -2.01. The van der Waals surface area contributed by atoms with Gasteiger partial charge in [-0.15, -0.1) is 0 Å². The van der Waals surface area contributed by atoms with Crippen LogP contribution in [0.25, 0.3) is 28.0 Å². The second-order valence-electron chi connectivity index (χ2n) is 4.39. The first-order valence-electron chi connectivity index (χ1n) is 5.98. The van der Waals surface area contributed by atoms with Gasteiger partial charge in [-0.1, -0.05) is 6.07 Å². The lowest BCUT2D eigenvalue weighted by molar-refractivity contribution is 0.579. The molecule has 0 saturated carbocycles. The van der Waals surface area contributed by atoms with Crippen LogP contribution in [0.5, 0.6) is 0 Å². The maximum absolute atomic E-state index is 13.8. The minimum atomic E-state index is -0.569. The largest absolute Gasteiger partial charge is 0.463 e. The quantitative estimate of drug-likeness (QED) is 0.577. The van der Waals surface area contributed by atoms with Crippen LogP contribution in [-0.4, -0.2) is 14.6 Å². The van der Waals surface area contributed by atoms with E-state index >= 15 is 0 Å². The third-order valence-corrected chi connectivity index (χ3v) is 3.17. The van der Waals surface area contributed by atoms with Gasteiger partial charge < -0.3 is 9.40 Å². The highest BCUT2D eigenvalue weighted by Gasteiger charge is 2.13. The van der Waals surface area contributed by atoms with Gasteiger partial charge in [0, 0.05) is 6.07 Å². The molecule has 0 aliphatic rings. The fourth-order valence-electron chi connectivity index (χ4n) is 2.29. The summed E-state index contributed by atoms with van der Waals surface area (Å²) in [6.07, 6.45) is 1.54. The van der Waals surface area contributed by atoms with Crippen molar-refractivity contribution in [1.29, 1.82) is 0 Å². The molecule has 0 radical (unpaired) electrons. The number of hydrogen-bond acceptors (Lipinski definition) is 3. The number of rotatable bonds is 1. The SMILES string of the molecule is O=c1[nH]c2cc(-c3ccco3)nn2c2cccc(F)c12. The molecule has 3 heterocycles. The Labute approximate surface area is 111 Å². The van der Waals surface area contributed by atoms with Crippen LogP contribution in [0.2, 0.25) is 0 Å². The van der Waals surface area contributed by atoms with E-state index in [0.29, 0.717) is 22.6 Å². The summed E-state index contributed by atoms with van der Waals surface area (Å²) in [5, 5.41) is 4.35. The van der Waals surface area contributed by atoms with E-state index in [4.69, 9.17) is 4.42 Å². The topological polar surface area (TPSA) is 63.3 Å². The number of H-pyrrole nitrogens is 1. The van der Waals surface area contributed by atoms with Crippen LogP contribution in [-0.2, 0) is 0 Å². The summed E-state index contributed by atoms with van der Waals surface area (Å²) < 4.78 is 20.5. The number of furan rings is 1. The average Bonchev–Trinajstić information content (AvgIpc) is 3.06.